The maximum Gasteiger partial charge on any atom is 0.410 e. The van der Waals surface area contributed by atoms with Gasteiger partial charge in [-0.05, 0) is 27.2 Å². The number of likely N-dealkylation sites (tertiary alicyclic amines) is 1. The molecule has 0 unspecified atom stereocenters. The molecule has 0 bridgehead atoms. The molecule has 1 aliphatic rings. The Hall–Kier alpha value is -1.00. The Morgan fingerprint density at radius 3 is 2.41 bits per heavy atom. The van der Waals surface area contributed by atoms with Crippen LogP contribution < -0.4 is 0 Å². The monoisotopic (exact) mass is 345 g/mol. The first-order valence-electron chi connectivity index (χ1n) is 6.65. The lowest BCUT2D eigenvalue weighted by Crippen LogP contribution is -2.42. The van der Waals surface area contributed by atoms with Crippen LogP contribution in [0.15, 0.2) is 0 Å². The van der Waals surface area contributed by atoms with Crippen LogP contribution in [0.3, 0.4) is 0 Å². The quantitative estimate of drug-likeness (QED) is 0.704. The van der Waals surface area contributed by atoms with Crippen LogP contribution in [-0.2, 0) is 23.8 Å². The molecule has 1 fully saturated rings. The molecule has 1 amide bonds. The molecule has 0 radical (unpaired) electrons. The number of nitrogens with zero attached hydrogens (tertiary/aromatic N) is 1. The van der Waals surface area contributed by atoms with Gasteiger partial charge in [-0.25, -0.2) is 4.79 Å². The van der Waals surface area contributed by atoms with Crippen molar-refractivity contribution < 1.29 is 35.6 Å². The molecule has 0 aromatic carbocycles. The average Bonchev–Trinajstić information content (AvgIpc) is 2.64. The van der Waals surface area contributed by atoms with Crippen molar-refractivity contribution in [1.29, 1.82) is 0 Å². The molecule has 130 valence electrons. The van der Waals surface area contributed by atoms with E-state index in [-0.39, 0.29) is 13.0 Å². The number of alkyl halides is 2. The Morgan fingerprint density at radius 1 is 1.36 bits per heavy atom. The van der Waals surface area contributed by atoms with Gasteiger partial charge in [0, 0.05) is 0 Å². The van der Waals surface area contributed by atoms with E-state index in [9.17, 15) is 22.0 Å². The smallest absolute Gasteiger partial charge is 0.410 e. The molecule has 2 atom stereocenters. The Labute approximate surface area is 128 Å². The van der Waals surface area contributed by atoms with Crippen LogP contribution in [0.2, 0.25) is 0 Å². The molecule has 0 aromatic heterocycles. The molecule has 7 nitrogen and oxygen atoms in total. The van der Waals surface area contributed by atoms with E-state index in [1.165, 1.54) is 0 Å². The Balaban J connectivity index is 2.77. The standard InChI is InChI=1S/C12H21F2NO6S/c1-12(2,3)20-11(16)15-6-9(21-22(4,17)18)5-8(15)7-19-10(13)14/h8-10H,5-7H2,1-4H3/t8-,9+/m0/s1. The van der Waals surface area contributed by atoms with Gasteiger partial charge in [0.2, 0.25) is 0 Å². The van der Waals surface area contributed by atoms with Crippen molar-refractivity contribution in [2.45, 2.75) is 51.6 Å². The number of hydrogen-bond donors (Lipinski definition) is 0. The molecule has 1 aliphatic heterocycles. The van der Waals surface area contributed by atoms with Crippen molar-refractivity contribution in [3.05, 3.63) is 0 Å². The van der Waals surface area contributed by atoms with Crippen LogP contribution in [0.4, 0.5) is 13.6 Å². The third-order valence-electron chi connectivity index (χ3n) is 2.73. The molecule has 0 aromatic rings. The zero-order valence-electron chi connectivity index (χ0n) is 12.9. The summed E-state index contributed by atoms with van der Waals surface area (Å²) in [5.74, 6) is 0. The number of amides is 1. The fourth-order valence-electron chi connectivity index (χ4n) is 2.08. The van der Waals surface area contributed by atoms with Gasteiger partial charge in [-0.15, -0.1) is 0 Å². The van der Waals surface area contributed by atoms with E-state index >= 15 is 0 Å². The van der Waals surface area contributed by atoms with Crippen molar-refractivity contribution in [2.75, 3.05) is 19.4 Å². The van der Waals surface area contributed by atoms with Gasteiger partial charge in [0.1, 0.15) is 5.60 Å². The molecular formula is C12H21F2NO6S. The summed E-state index contributed by atoms with van der Waals surface area (Å²) in [7, 11) is -3.71. The van der Waals surface area contributed by atoms with Crippen LogP contribution >= 0.6 is 0 Å². The second kappa shape index (κ2) is 7.05. The molecule has 0 aliphatic carbocycles. The van der Waals surface area contributed by atoms with Gasteiger partial charge in [0.25, 0.3) is 10.1 Å². The van der Waals surface area contributed by atoms with Gasteiger partial charge in [-0.3, -0.25) is 4.18 Å². The predicted octanol–water partition coefficient (Wildman–Crippen LogP) is 1.58. The molecule has 10 heteroatoms. The highest BCUT2D eigenvalue weighted by atomic mass is 32.2. The molecule has 1 rings (SSSR count). The zero-order valence-corrected chi connectivity index (χ0v) is 13.7. The van der Waals surface area contributed by atoms with Gasteiger partial charge in [0.05, 0.1) is 31.6 Å². The minimum atomic E-state index is -3.71. The van der Waals surface area contributed by atoms with E-state index in [1.54, 1.807) is 20.8 Å². The highest BCUT2D eigenvalue weighted by molar-refractivity contribution is 7.86. The van der Waals surface area contributed by atoms with E-state index in [0.717, 1.165) is 11.2 Å². The Kier molecular flexibility index (Phi) is 6.10. The molecule has 1 heterocycles. The highest BCUT2D eigenvalue weighted by Crippen LogP contribution is 2.25. The number of carbonyl (C=O) groups excluding carboxylic acids is 1. The average molecular weight is 345 g/mol. The second-order valence-electron chi connectivity index (χ2n) is 6.04. The fraction of sp³-hybridized carbons (Fsp3) is 0.917. The third-order valence-corrected chi connectivity index (χ3v) is 3.35. The topological polar surface area (TPSA) is 82.1 Å². The van der Waals surface area contributed by atoms with E-state index in [4.69, 9.17) is 8.92 Å². The number of carbonyl (C=O) groups is 1. The van der Waals surface area contributed by atoms with Gasteiger partial charge >= 0.3 is 12.7 Å². The van der Waals surface area contributed by atoms with Crippen molar-refractivity contribution in [1.82, 2.24) is 4.90 Å². The lowest BCUT2D eigenvalue weighted by Gasteiger charge is -2.28. The normalized spacial score (nSPS) is 23.1. The molecule has 0 saturated carbocycles. The van der Waals surface area contributed by atoms with Crippen molar-refractivity contribution in [3.63, 3.8) is 0 Å². The van der Waals surface area contributed by atoms with Crippen LogP contribution in [0.25, 0.3) is 0 Å². The highest BCUT2D eigenvalue weighted by Gasteiger charge is 2.40. The first kappa shape index (κ1) is 19.0. The zero-order chi connectivity index (χ0) is 17.1. The predicted molar refractivity (Wildman–Crippen MR) is 73.0 cm³/mol. The van der Waals surface area contributed by atoms with Crippen molar-refractivity contribution in [2.24, 2.45) is 0 Å². The van der Waals surface area contributed by atoms with E-state index in [2.05, 4.69) is 4.74 Å². The molecular weight excluding hydrogens is 324 g/mol. The number of ether oxygens (including phenoxy) is 2. The second-order valence-corrected chi connectivity index (χ2v) is 7.64. The number of hydrogen-bond acceptors (Lipinski definition) is 6. The summed E-state index contributed by atoms with van der Waals surface area (Å²) < 4.78 is 60.9. The molecule has 1 saturated heterocycles. The summed E-state index contributed by atoms with van der Waals surface area (Å²) in [6, 6.07) is -0.740. The Bertz CT molecular complexity index is 490. The van der Waals surface area contributed by atoms with E-state index in [1.807, 2.05) is 0 Å². The van der Waals surface area contributed by atoms with E-state index < -0.39 is 47.2 Å². The van der Waals surface area contributed by atoms with Crippen LogP contribution in [0.5, 0.6) is 0 Å². The first-order valence-corrected chi connectivity index (χ1v) is 8.46. The summed E-state index contributed by atoms with van der Waals surface area (Å²) in [4.78, 5) is 13.2. The summed E-state index contributed by atoms with van der Waals surface area (Å²) in [5, 5.41) is 0. The molecule has 0 spiro atoms. The lowest BCUT2D eigenvalue weighted by atomic mass is 10.2. The van der Waals surface area contributed by atoms with Gasteiger partial charge in [-0.1, -0.05) is 0 Å². The summed E-state index contributed by atoms with van der Waals surface area (Å²) in [5.41, 5.74) is -0.763. The summed E-state index contributed by atoms with van der Waals surface area (Å²) in [6.07, 6.45) is -0.587. The SMILES string of the molecule is CC(C)(C)OC(=O)N1C[C@H](OS(C)(=O)=O)C[C@H]1COC(F)F. The molecule has 0 N–H and O–H groups in total. The van der Waals surface area contributed by atoms with Crippen molar-refractivity contribution >= 4 is 16.2 Å². The first-order chi connectivity index (χ1) is 9.87. The van der Waals surface area contributed by atoms with Crippen molar-refractivity contribution in [3.8, 4) is 0 Å². The maximum absolute atomic E-state index is 12.2. The number of halogens is 2. The fourth-order valence-corrected chi connectivity index (χ4v) is 2.71. The minimum Gasteiger partial charge on any atom is -0.444 e. The van der Waals surface area contributed by atoms with Crippen LogP contribution in [0.1, 0.15) is 27.2 Å². The van der Waals surface area contributed by atoms with E-state index in [0.29, 0.717) is 0 Å². The maximum atomic E-state index is 12.2. The number of rotatable bonds is 5. The molecule has 22 heavy (non-hydrogen) atoms. The minimum absolute atomic E-state index is 0.0685. The van der Waals surface area contributed by atoms with Gasteiger partial charge in [0.15, 0.2) is 0 Å². The van der Waals surface area contributed by atoms with Gasteiger partial charge < -0.3 is 14.4 Å². The third kappa shape index (κ3) is 6.84. The Morgan fingerprint density at radius 2 is 1.95 bits per heavy atom. The van der Waals surface area contributed by atoms with Gasteiger partial charge in [-0.2, -0.15) is 17.2 Å². The summed E-state index contributed by atoms with van der Waals surface area (Å²) >= 11 is 0. The van der Waals surface area contributed by atoms with Crippen LogP contribution in [-0.4, -0.2) is 63.2 Å². The lowest BCUT2D eigenvalue weighted by molar-refractivity contribution is -0.138. The largest absolute Gasteiger partial charge is 0.444 e. The summed E-state index contributed by atoms with van der Waals surface area (Å²) in [6.45, 7) is 1.51. The van der Waals surface area contributed by atoms with Crippen LogP contribution in [0, 0.1) is 0 Å².